The lowest BCUT2D eigenvalue weighted by Gasteiger charge is -2.12. The van der Waals surface area contributed by atoms with Crippen molar-refractivity contribution in [3.05, 3.63) is 40.9 Å². The topological polar surface area (TPSA) is 52.0 Å². The highest BCUT2D eigenvalue weighted by molar-refractivity contribution is 9.10. The summed E-state index contributed by atoms with van der Waals surface area (Å²) in [5.41, 5.74) is 4.24. The molecule has 0 saturated heterocycles. The Kier molecular flexibility index (Phi) is 3.98. The Hall–Kier alpha value is -1.56. The van der Waals surface area contributed by atoms with Gasteiger partial charge in [0.05, 0.1) is 13.2 Å². The maximum atomic E-state index is 5.56. The van der Waals surface area contributed by atoms with Crippen molar-refractivity contribution in [1.82, 2.24) is 14.9 Å². The molecule has 0 spiro atoms. The summed E-state index contributed by atoms with van der Waals surface area (Å²) in [6.07, 6.45) is 3.22. The molecule has 1 aromatic heterocycles. The van der Waals surface area contributed by atoms with Crippen LogP contribution in [0.4, 0.5) is 0 Å². The minimum atomic E-state index is 0.646. The van der Waals surface area contributed by atoms with E-state index in [2.05, 4.69) is 31.6 Å². The van der Waals surface area contributed by atoms with Gasteiger partial charge >= 0.3 is 0 Å². The van der Waals surface area contributed by atoms with E-state index in [-0.39, 0.29) is 0 Å². The van der Waals surface area contributed by atoms with Crippen LogP contribution < -0.4 is 10.2 Å². The number of nitrogens with one attached hydrogen (secondary N) is 1. The van der Waals surface area contributed by atoms with Gasteiger partial charge in [0.15, 0.2) is 0 Å². The summed E-state index contributed by atoms with van der Waals surface area (Å²) in [6.45, 7) is 3.27. The SMILES string of the molecule is CCOc1ccc(Br)cc1CNn1cnnc1. The highest BCUT2D eigenvalue weighted by atomic mass is 79.9. The Morgan fingerprint density at radius 2 is 2.12 bits per heavy atom. The molecular formula is C11H13BrN4O. The van der Waals surface area contributed by atoms with Crippen molar-refractivity contribution in [3.8, 4) is 5.75 Å². The maximum Gasteiger partial charge on any atom is 0.138 e. The van der Waals surface area contributed by atoms with E-state index in [4.69, 9.17) is 4.74 Å². The smallest absolute Gasteiger partial charge is 0.138 e. The average molecular weight is 297 g/mol. The fourth-order valence-corrected chi connectivity index (χ4v) is 1.85. The van der Waals surface area contributed by atoms with Gasteiger partial charge < -0.3 is 10.2 Å². The fraction of sp³-hybridized carbons (Fsp3) is 0.273. The number of hydrogen-bond acceptors (Lipinski definition) is 4. The number of rotatable bonds is 5. The highest BCUT2D eigenvalue weighted by Gasteiger charge is 2.04. The minimum Gasteiger partial charge on any atom is -0.494 e. The Labute approximate surface area is 108 Å². The monoisotopic (exact) mass is 296 g/mol. The van der Waals surface area contributed by atoms with E-state index in [0.717, 1.165) is 15.8 Å². The Morgan fingerprint density at radius 3 is 2.82 bits per heavy atom. The van der Waals surface area contributed by atoms with Gasteiger partial charge in [0.25, 0.3) is 0 Å². The fourth-order valence-electron chi connectivity index (χ4n) is 1.44. The second kappa shape index (κ2) is 5.67. The molecule has 2 aromatic rings. The van der Waals surface area contributed by atoms with Crippen molar-refractivity contribution in [3.63, 3.8) is 0 Å². The van der Waals surface area contributed by atoms with E-state index in [1.807, 2.05) is 25.1 Å². The van der Waals surface area contributed by atoms with Crippen LogP contribution in [-0.4, -0.2) is 21.5 Å². The summed E-state index contributed by atoms with van der Waals surface area (Å²) >= 11 is 3.45. The van der Waals surface area contributed by atoms with Crippen molar-refractivity contribution < 1.29 is 4.74 Å². The number of ether oxygens (including phenoxy) is 1. The molecule has 0 aliphatic carbocycles. The molecule has 0 aliphatic heterocycles. The standard InChI is InChI=1S/C11H13BrN4O/c1-2-17-11-4-3-10(12)5-9(11)6-15-16-7-13-14-8-16/h3-5,7-8,15H,2,6H2,1H3. The Morgan fingerprint density at radius 1 is 1.35 bits per heavy atom. The second-order valence-corrected chi connectivity index (χ2v) is 4.30. The van der Waals surface area contributed by atoms with Crippen molar-refractivity contribution in [2.45, 2.75) is 13.5 Å². The van der Waals surface area contributed by atoms with Crippen molar-refractivity contribution in [2.75, 3.05) is 12.0 Å². The van der Waals surface area contributed by atoms with Gasteiger partial charge in [0, 0.05) is 10.0 Å². The van der Waals surface area contributed by atoms with Gasteiger partial charge in [-0.2, -0.15) is 0 Å². The first-order valence-corrected chi connectivity index (χ1v) is 6.08. The van der Waals surface area contributed by atoms with E-state index in [0.29, 0.717) is 13.2 Å². The van der Waals surface area contributed by atoms with Crippen LogP contribution in [0.15, 0.2) is 35.3 Å². The number of halogens is 1. The molecule has 2 rings (SSSR count). The molecule has 0 fully saturated rings. The molecule has 17 heavy (non-hydrogen) atoms. The van der Waals surface area contributed by atoms with Crippen LogP contribution in [0.25, 0.3) is 0 Å². The quantitative estimate of drug-likeness (QED) is 0.919. The molecule has 1 N–H and O–H groups in total. The maximum absolute atomic E-state index is 5.56. The van der Waals surface area contributed by atoms with Crippen LogP contribution in [0.5, 0.6) is 5.75 Å². The third-order valence-corrected chi connectivity index (χ3v) is 2.69. The lowest BCUT2D eigenvalue weighted by Crippen LogP contribution is -2.13. The largest absolute Gasteiger partial charge is 0.494 e. The molecule has 1 aromatic carbocycles. The molecule has 6 heteroatoms. The minimum absolute atomic E-state index is 0.646. The first kappa shape index (κ1) is 11.9. The molecule has 0 radical (unpaired) electrons. The zero-order chi connectivity index (χ0) is 12.1. The van der Waals surface area contributed by atoms with Gasteiger partial charge in [-0.3, -0.25) is 0 Å². The van der Waals surface area contributed by atoms with Gasteiger partial charge in [-0.15, -0.1) is 10.2 Å². The van der Waals surface area contributed by atoms with Gasteiger partial charge in [-0.1, -0.05) is 15.9 Å². The summed E-state index contributed by atoms with van der Waals surface area (Å²) in [4.78, 5) is 0. The van der Waals surface area contributed by atoms with Gasteiger partial charge in [0.1, 0.15) is 18.4 Å². The van der Waals surface area contributed by atoms with Crippen LogP contribution in [-0.2, 0) is 6.54 Å². The van der Waals surface area contributed by atoms with Gasteiger partial charge in [0.2, 0.25) is 0 Å². The summed E-state index contributed by atoms with van der Waals surface area (Å²) in [5, 5.41) is 7.44. The molecule has 5 nitrogen and oxygen atoms in total. The van der Waals surface area contributed by atoms with Crippen LogP contribution in [0.3, 0.4) is 0 Å². The summed E-state index contributed by atoms with van der Waals surface area (Å²) in [5.74, 6) is 0.885. The zero-order valence-electron chi connectivity index (χ0n) is 9.43. The number of aromatic nitrogens is 3. The van der Waals surface area contributed by atoms with Gasteiger partial charge in [-0.05, 0) is 25.1 Å². The summed E-state index contributed by atoms with van der Waals surface area (Å²) in [7, 11) is 0. The normalized spacial score (nSPS) is 10.2. The van der Waals surface area contributed by atoms with Crippen LogP contribution >= 0.6 is 15.9 Å². The van der Waals surface area contributed by atoms with Crippen LogP contribution in [0.2, 0.25) is 0 Å². The van der Waals surface area contributed by atoms with Crippen LogP contribution in [0, 0.1) is 0 Å². The highest BCUT2D eigenvalue weighted by Crippen LogP contribution is 2.23. The second-order valence-electron chi connectivity index (χ2n) is 3.39. The van der Waals surface area contributed by atoms with Crippen molar-refractivity contribution in [2.24, 2.45) is 0 Å². The van der Waals surface area contributed by atoms with Crippen molar-refractivity contribution >= 4 is 15.9 Å². The van der Waals surface area contributed by atoms with Crippen molar-refractivity contribution in [1.29, 1.82) is 0 Å². The lowest BCUT2D eigenvalue weighted by molar-refractivity contribution is 0.336. The molecule has 0 bridgehead atoms. The summed E-state index contributed by atoms with van der Waals surface area (Å²) < 4.78 is 8.29. The number of benzene rings is 1. The van der Waals surface area contributed by atoms with E-state index in [1.54, 1.807) is 17.3 Å². The number of hydrogen-bond donors (Lipinski definition) is 1. The van der Waals surface area contributed by atoms with E-state index < -0.39 is 0 Å². The zero-order valence-corrected chi connectivity index (χ0v) is 11.0. The molecule has 0 atom stereocenters. The van der Waals surface area contributed by atoms with E-state index in [9.17, 15) is 0 Å². The Balaban J connectivity index is 2.10. The first-order valence-electron chi connectivity index (χ1n) is 5.29. The Bertz CT molecular complexity index is 472. The van der Waals surface area contributed by atoms with E-state index in [1.165, 1.54) is 0 Å². The van der Waals surface area contributed by atoms with E-state index >= 15 is 0 Å². The molecule has 0 unspecified atom stereocenters. The average Bonchev–Trinajstić information content (AvgIpc) is 2.82. The molecular weight excluding hydrogens is 284 g/mol. The first-order chi connectivity index (χ1) is 8.29. The third-order valence-electron chi connectivity index (χ3n) is 2.19. The molecule has 0 aliphatic rings. The number of nitrogens with zero attached hydrogens (tertiary/aromatic N) is 3. The third kappa shape index (κ3) is 3.20. The predicted octanol–water partition coefficient (Wildman–Crippen LogP) is 2.18. The lowest BCUT2D eigenvalue weighted by atomic mass is 10.2. The molecule has 90 valence electrons. The van der Waals surface area contributed by atoms with Crippen LogP contribution in [0.1, 0.15) is 12.5 Å². The predicted molar refractivity (Wildman–Crippen MR) is 68.4 cm³/mol. The molecule has 1 heterocycles. The van der Waals surface area contributed by atoms with Gasteiger partial charge in [-0.25, -0.2) is 4.68 Å². The molecule has 0 amide bonds. The molecule has 0 saturated carbocycles. The summed E-state index contributed by atoms with van der Waals surface area (Å²) in [6, 6.07) is 5.95.